The van der Waals surface area contributed by atoms with Gasteiger partial charge in [0.15, 0.2) is 5.76 Å². The second kappa shape index (κ2) is 6.44. The van der Waals surface area contributed by atoms with Crippen LogP contribution in [0.5, 0.6) is 5.75 Å². The van der Waals surface area contributed by atoms with Crippen LogP contribution in [0.15, 0.2) is 52.9 Å². The molecule has 3 aromatic rings. The van der Waals surface area contributed by atoms with Crippen LogP contribution in [0.1, 0.15) is 32.1 Å². The maximum atomic E-state index is 6.06. The number of anilines is 1. The number of fused-ring (bicyclic) bond motifs is 1. The predicted octanol–water partition coefficient (Wildman–Crippen LogP) is 5.82. The number of nitrogens with one attached hydrogen (secondary N) is 1. The third kappa shape index (κ3) is 3.62. The van der Waals surface area contributed by atoms with Crippen molar-refractivity contribution in [2.24, 2.45) is 0 Å². The topological polar surface area (TPSA) is 34.4 Å². The molecule has 1 heterocycles. The fourth-order valence-corrected chi connectivity index (χ4v) is 2.58. The van der Waals surface area contributed by atoms with Crippen LogP contribution in [0.3, 0.4) is 0 Å². The third-order valence-corrected chi connectivity index (χ3v) is 3.65. The van der Waals surface area contributed by atoms with E-state index in [0.717, 1.165) is 33.7 Å². The maximum Gasteiger partial charge on any atom is 0.151 e. The molecule has 24 heavy (non-hydrogen) atoms. The van der Waals surface area contributed by atoms with Crippen LogP contribution in [0, 0.1) is 0 Å². The van der Waals surface area contributed by atoms with E-state index in [1.54, 1.807) is 7.11 Å². The summed E-state index contributed by atoms with van der Waals surface area (Å²) < 4.78 is 11.4. The average molecular weight is 321 g/mol. The Bertz CT molecular complexity index is 855. The Balaban J connectivity index is 2.08. The van der Waals surface area contributed by atoms with Gasteiger partial charge >= 0.3 is 0 Å². The van der Waals surface area contributed by atoms with Crippen LogP contribution in [0.4, 0.5) is 5.69 Å². The monoisotopic (exact) mass is 321 g/mol. The number of furan rings is 1. The van der Waals surface area contributed by atoms with Crippen molar-refractivity contribution < 1.29 is 9.15 Å². The highest BCUT2D eigenvalue weighted by Crippen LogP contribution is 2.36. The van der Waals surface area contributed by atoms with E-state index in [0.29, 0.717) is 0 Å². The normalized spacial score (nSPS) is 12.0. The van der Waals surface area contributed by atoms with E-state index in [2.05, 4.69) is 44.3 Å². The van der Waals surface area contributed by atoms with Crippen LogP contribution in [-0.2, 0) is 0 Å². The van der Waals surface area contributed by atoms with Crippen LogP contribution in [0.2, 0.25) is 0 Å². The SMILES string of the molecule is COc1ccc2oc(/C=C/c3ccccc3)c(NC(C)(C)C)c2c1. The molecule has 1 N–H and O–H groups in total. The van der Waals surface area contributed by atoms with Crippen molar-refractivity contribution >= 4 is 28.8 Å². The highest BCUT2D eigenvalue weighted by Gasteiger charge is 2.18. The molecule has 0 aliphatic rings. The van der Waals surface area contributed by atoms with E-state index < -0.39 is 0 Å². The lowest BCUT2D eigenvalue weighted by molar-refractivity contribution is 0.415. The van der Waals surface area contributed by atoms with Gasteiger partial charge in [0.1, 0.15) is 11.3 Å². The molecule has 3 rings (SSSR count). The summed E-state index contributed by atoms with van der Waals surface area (Å²) in [5, 5.41) is 4.58. The first kappa shape index (κ1) is 16.2. The zero-order valence-corrected chi connectivity index (χ0v) is 14.6. The minimum atomic E-state index is -0.0742. The van der Waals surface area contributed by atoms with Gasteiger partial charge in [-0.05, 0) is 50.6 Å². The molecule has 0 spiro atoms. The van der Waals surface area contributed by atoms with Crippen LogP contribution in [-0.4, -0.2) is 12.6 Å². The Kier molecular flexibility index (Phi) is 4.34. The Labute approximate surface area is 142 Å². The van der Waals surface area contributed by atoms with Crippen molar-refractivity contribution in [3.05, 3.63) is 59.9 Å². The minimum Gasteiger partial charge on any atom is -0.497 e. The summed E-state index contributed by atoms with van der Waals surface area (Å²) in [6, 6.07) is 16.1. The van der Waals surface area contributed by atoms with Crippen LogP contribution < -0.4 is 10.1 Å². The van der Waals surface area contributed by atoms with Crippen molar-refractivity contribution in [2.75, 3.05) is 12.4 Å². The molecule has 0 saturated heterocycles. The summed E-state index contributed by atoms with van der Waals surface area (Å²) in [6.07, 6.45) is 4.07. The van der Waals surface area contributed by atoms with Gasteiger partial charge in [0.05, 0.1) is 12.8 Å². The lowest BCUT2D eigenvalue weighted by Crippen LogP contribution is -2.26. The van der Waals surface area contributed by atoms with Gasteiger partial charge in [-0.15, -0.1) is 0 Å². The molecule has 0 saturated carbocycles. The molecule has 0 fully saturated rings. The number of hydrogen-bond acceptors (Lipinski definition) is 3. The first-order valence-electron chi connectivity index (χ1n) is 8.08. The van der Waals surface area contributed by atoms with Crippen molar-refractivity contribution in [3.63, 3.8) is 0 Å². The van der Waals surface area contributed by atoms with Crippen molar-refractivity contribution in [3.8, 4) is 5.75 Å². The number of rotatable bonds is 4. The third-order valence-electron chi connectivity index (χ3n) is 3.65. The molecule has 0 atom stereocenters. The number of hydrogen-bond donors (Lipinski definition) is 1. The summed E-state index contributed by atoms with van der Waals surface area (Å²) in [5.41, 5.74) is 2.89. The van der Waals surface area contributed by atoms with Gasteiger partial charge < -0.3 is 14.5 Å². The zero-order valence-electron chi connectivity index (χ0n) is 14.6. The van der Waals surface area contributed by atoms with Crippen LogP contribution in [0.25, 0.3) is 23.1 Å². The van der Waals surface area contributed by atoms with Crippen molar-refractivity contribution in [2.45, 2.75) is 26.3 Å². The molecule has 0 radical (unpaired) electrons. The summed E-state index contributed by atoms with van der Waals surface area (Å²) in [6.45, 7) is 6.41. The lowest BCUT2D eigenvalue weighted by Gasteiger charge is -2.21. The first-order valence-corrected chi connectivity index (χ1v) is 8.08. The zero-order chi connectivity index (χ0) is 17.2. The fraction of sp³-hybridized carbons (Fsp3) is 0.238. The summed E-state index contributed by atoms with van der Waals surface area (Å²) in [5.74, 6) is 1.64. The molecular weight excluding hydrogens is 298 g/mol. The summed E-state index contributed by atoms with van der Waals surface area (Å²) >= 11 is 0. The Morgan fingerprint density at radius 3 is 2.42 bits per heavy atom. The standard InChI is InChI=1S/C21H23NO2/c1-21(2,3)22-20-17-14-16(23-4)11-13-18(17)24-19(20)12-10-15-8-6-5-7-9-15/h5-14,22H,1-4H3/b12-10+. The van der Waals surface area contributed by atoms with Gasteiger partial charge in [-0.1, -0.05) is 36.4 Å². The van der Waals surface area contributed by atoms with Gasteiger partial charge in [0.2, 0.25) is 0 Å². The molecule has 0 unspecified atom stereocenters. The number of methoxy groups -OCH3 is 1. The molecule has 0 aliphatic heterocycles. The van der Waals surface area contributed by atoms with Crippen molar-refractivity contribution in [1.29, 1.82) is 0 Å². The van der Waals surface area contributed by atoms with Crippen LogP contribution >= 0.6 is 0 Å². The molecule has 3 nitrogen and oxygen atoms in total. The predicted molar refractivity (Wildman–Crippen MR) is 102 cm³/mol. The van der Waals surface area contributed by atoms with E-state index in [-0.39, 0.29) is 5.54 Å². The van der Waals surface area contributed by atoms with E-state index in [1.807, 2.05) is 42.5 Å². The Morgan fingerprint density at radius 1 is 1.00 bits per heavy atom. The van der Waals surface area contributed by atoms with Gasteiger partial charge in [0.25, 0.3) is 0 Å². The van der Waals surface area contributed by atoms with E-state index in [9.17, 15) is 0 Å². The molecule has 1 aromatic heterocycles. The van der Waals surface area contributed by atoms with E-state index >= 15 is 0 Å². The highest BCUT2D eigenvalue weighted by atomic mass is 16.5. The molecule has 124 valence electrons. The molecule has 2 aromatic carbocycles. The van der Waals surface area contributed by atoms with E-state index in [4.69, 9.17) is 9.15 Å². The second-order valence-corrected chi connectivity index (χ2v) is 6.82. The van der Waals surface area contributed by atoms with Gasteiger partial charge in [0, 0.05) is 10.9 Å². The highest BCUT2D eigenvalue weighted by molar-refractivity contribution is 5.97. The molecule has 3 heteroatoms. The smallest absolute Gasteiger partial charge is 0.151 e. The van der Waals surface area contributed by atoms with Gasteiger partial charge in [-0.3, -0.25) is 0 Å². The summed E-state index contributed by atoms with van der Waals surface area (Å²) in [4.78, 5) is 0. The largest absolute Gasteiger partial charge is 0.497 e. The quantitative estimate of drug-likeness (QED) is 0.657. The second-order valence-electron chi connectivity index (χ2n) is 6.82. The number of benzene rings is 2. The van der Waals surface area contributed by atoms with Gasteiger partial charge in [-0.25, -0.2) is 0 Å². The molecule has 0 amide bonds. The van der Waals surface area contributed by atoms with Crippen molar-refractivity contribution in [1.82, 2.24) is 0 Å². The molecule has 0 bridgehead atoms. The van der Waals surface area contributed by atoms with Gasteiger partial charge in [-0.2, -0.15) is 0 Å². The van der Waals surface area contributed by atoms with E-state index in [1.165, 1.54) is 0 Å². The minimum absolute atomic E-state index is 0.0742. The maximum absolute atomic E-state index is 6.06. The fourth-order valence-electron chi connectivity index (χ4n) is 2.58. The Hall–Kier alpha value is -2.68. The lowest BCUT2D eigenvalue weighted by atomic mass is 10.1. The average Bonchev–Trinajstić information content (AvgIpc) is 2.89. The summed E-state index contributed by atoms with van der Waals surface area (Å²) in [7, 11) is 1.67. The Morgan fingerprint density at radius 2 is 1.75 bits per heavy atom. The first-order chi connectivity index (χ1) is 11.5. The number of ether oxygens (including phenoxy) is 1. The molecule has 0 aliphatic carbocycles. The molecular formula is C21H23NO2.